The van der Waals surface area contributed by atoms with Gasteiger partial charge in [0.25, 0.3) is 5.91 Å². The summed E-state index contributed by atoms with van der Waals surface area (Å²) >= 11 is 0. The summed E-state index contributed by atoms with van der Waals surface area (Å²) in [5.41, 5.74) is 9.08. The van der Waals surface area contributed by atoms with Gasteiger partial charge in [0.15, 0.2) is 5.82 Å². The minimum atomic E-state index is -0.151. The molecule has 0 spiro atoms. The predicted octanol–water partition coefficient (Wildman–Crippen LogP) is 7.30. The molecule has 3 N–H and O–H groups in total. The van der Waals surface area contributed by atoms with E-state index in [2.05, 4.69) is 55.7 Å². The number of carbonyl (C=O) groups is 2. The summed E-state index contributed by atoms with van der Waals surface area (Å²) < 4.78 is 0. The number of pyridine rings is 2. The molecule has 3 aromatic heterocycles. The number of hydrogen-bond acceptors (Lipinski definition) is 6. The van der Waals surface area contributed by atoms with Crippen LogP contribution in [0.4, 0.5) is 5.69 Å². The Bertz CT molecular complexity index is 1810. The van der Waals surface area contributed by atoms with Crippen LogP contribution >= 0.6 is 0 Å². The predicted molar refractivity (Wildman–Crippen MR) is 185 cm³/mol. The highest BCUT2D eigenvalue weighted by atomic mass is 16.2. The molecule has 6 rings (SSSR count). The van der Waals surface area contributed by atoms with E-state index in [1.807, 2.05) is 50.4 Å². The number of carbonyl (C=O) groups excluding carboxylic acids is 2. The third kappa shape index (κ3) is 8.03. The number of allylic oxidation sites excluding steroid dienone is 2. The summed E-state index contributed by atoms with van der Waals surface area (Å²) in [6, 6.07) is 14.0. The van der Waals surface area contributed by atoms with E-state index in [0.29, 0.717) is 24.0 Å². The summed E-state index contributed by atoms with van der Waals surface area (Å²) in [5, 5.41) is 6.85. The first kappa shape index (κ1) is 31.9. The lowest BCUT2D eigenvalue weighted by atomic mass is 9.95. The second kappa shape index (κ2) is 14.2. The monoisotopic (exact) mass is 629 g/mol. The number of rotatable bonds is 13. The highest BCUT2D eigenvalue weighted by Gasteiger charge is 2.31. The van der Waals surface area contributed by atoms with Gasteiger partial charge in [-0.15, -0.1) is 0 Å². The number of unbranched alkanes of at least 4 members (excludes halogenated alkanes) is 1. The second-order valence-corrected chi connectivity index (χ2v) is 12.8. The van der Waals surface area contributed by atoms with Crippen molar-refractivity contribution in [2.45, 2.75) is 71.8 Å². The molecule has 0 radical (unpaired) electrons. The quantitative estimate of drug-likeness (QED) is 0.134. The van der Waals surface area contributed by atoms with Crippen LogP contribution in [-0.2, 0) is 11.3 Å². The first-order chi connectivity index (χ1) is 22.8. The van der Waals surface area contributed by atoms with Crippen LogP contribution in [0.2, 0.25) is 0 Å². The molecular formula is C38H43N7O2. The summed E-state index contributed by atoms with van der Waals surface area (Å²) in [7, 11) is 1.77. The average Bonchev–Trinajstić information content (AvgIpc) is 4.01. The number of benzene rings is 1. The van der Waals surface area contributed by atoms with Crippen molar-refractivity contribution in [2.75, 3.05) is 12.4 Å². The SMILES string of the molecule is CCC/C=C(/C=C(/Nc1cccc(-c2ccc(C(=O)N(C)Cc3cc(C)ccn3)nc2)c1C1CC1)c1ncc(C)[nH]1)NC(=O)C1CC1. The van der Waals surface area contributed by atoms with Gasteiger partial charge >= 0.3 is 0 Å². The first-order valence-electron chi connectivity index (χ1n) is 16.6. The summed E-state index contributed by atoms with van der Waals surface area (Å²) in [5.74, 6) is 1.14. The molecule has 242 valence electrons. The van der Waals surface area contributed by atoms with Crippen molar-refractivity contribution in [3.05, 3.63) is 113 Å². The van der Waals surface area contributed by atoms with Gasteiger partial charge in [-0.25, -0.2) is 4.98 Å². The smallest absolute Gasteiger partial charge is 0.272 e. The van der Waals surface area contributed by atoms with Gasteiger partial charge in [-0.1, -0.05) is 37.6 Å². The summed E-state index contributed by atoms with van der Waals surface area (Å²) in [6.45, 7) is 6.53. The van der Waals surface area contributed by atoms with Gasteiger partial charge in [0.05, 0.1) is 17.9 Å². The zero-order valence-electron chi connectivity index (χ0n) is 27.6. The topological polar surface area (TPSA) is 116 Å². The Labute approximate surface area is 276 Å². The lowest BCUT2D eigenvalue weighted by Gasteiger charge is -2.19. The third-order valence-electron chi connectivity index (χ3n) is 8.50. The van der Waals surface area contributed by atoms with Crippen LogP contribution < -0.4 is 10.6 Å². The Kier molecular flexibility index (Phi) is 9.61. The van der Waals surface area contributed by atoms with E-state index in [1.54, 1.807) is 30.4 Å². The molecule has 0 saturated heterocycles. The lowest BCUT2D eigenvalue weighted by molar-refractivity contribution is -0.121. The Morgan fingerprint density at radius 2 is 1.85 bits per heavy atom. The zero-order valence-corrected chi connectivity index (χ0v) is 27.6. The maximum absolute atomic E-state index is 13.2. The molecule has 1 aromatic carbocycles. The Morgan fingerprint density at radius 1 is 1.02 bits per heavy atom. The van der Waals surface area contributed by atoms with Gasteiger partial charge in [0, 0.05) is 54.2 Å². The van der Waals surface area contributed by atoms with Gasteiger partial charge < -0.3 is 20.5 Å². The van der Waals surface area contributed by atoms with Gasteiger partial charge in [-0.05, 0) is 98.9 Å². The molecule has 0 unspecified atom stereocenters. The molecule has 0 aliphatic heterocycles. The molecule has 2 saturated carbocycles. The molecule has 47 heavy (non-hydrogen) atoms. The van der Waals surface area contributed by atoms with E-state index in [1.165, 1.54) is 5.56 Å². The lowest BCUT2D eigenvalue weighted by Crippen LogP contribution is -2.27. The molecule has 3 heterocycles. The Balaban J connectivity index is 1.28. The van der Waals surface area contributed by atoms with E-state index < -0.39 is 0 Å². The molecule has 2 aliphatic rings. The molecule has 0 bridgehead atoms. The van der Waals surface area contributed by atoms with Crippen LogP contribution in [0.3, 0.4) is 0 Å². The molecule has 9 heteroatoms. The number of nitrogens with zero attached hydrogens (tertiary/aromatic N) is 4. The van der Waals surface area contributed by atoms with E-state index in [-0.39, 0.29) is 17.7 Å². The number of aromatic amines is 1. The fraction of sp³-hybridized carbons (Fsp3) is 0.342. The molecular weight excluding hydrogens is 586 g/mol. The number of imidazole rings is 1. The van der Waals surface area contributed by atoms with Crippen LogP contribution in [0.15, 0.2) is 78.9 Å². The van der Waals surface area contributed by atoms with Crippen molar-refractivity contribution in [1.82, 2.24) is 30.2 Å². The van der Waals surface area contributed by atoms with Gasteiger partial charge in [-0.2, -0.15) is 0 Å². The van der Waals surface area contributed by atoms with Crippen LogP contribution in [0, 0.1) is 19.8 Å². The van der Waals surface area contributed by atoms with E-state index >= 15 is 0 Å². The first-order valence-corrected chi connectivity index (χ1v) is 16.6. The highest BCUT2D eigenvalue weighted by Crippen LogP contribution is 2.48. The number of H-pyrrole nitrogens is 1. The number of hydrogen-bond donors (Lipinski definition) is 3. The third-order valence-corrected chi connectivity index (χ3v) is 8.50. The van der Waals surface area contributed by atoms with Crippen LogP contribution in [-0.4, -0.2) is 43.7 Å². The van der Waals surface area contributed by atoms with E-state index in [0.717, 1.165) is 83.7 Å². The maximum atomic E-state index is 13.2. The van der Waals surface area contributed by atoms with Crippen molar-refractivity contribution in [3.8, 4) is 11.1 Å². The molecule has 2 fully saturated rings. The normalized spacial score (nSPS) is 15.0. The van der Waals surface area contributed by atoms with Crippen LogP contribution in [0.1, 0.15) is 90.2 Å². The Morgan fingerprint density at radius 3 is 2.51 bits per heavy atom. The summed E-state index contributed by atoms with van der Waals surface area (Å²) in [6.07, 6.45) is 15.4. The van der Waals surface area contributed by atoms with Gasteiger partial charge in [-0.3, -0.25) is 19.6 Å². The van der Waals surface area contributed by atoms with E-state index in [4.69, 9.17) is 0 Å². The highest BCUT2D eigenvalue weighted by molar-refractivity contribution is 5.92. The van der Waals surface area contributed by atoms with Crippen molar-refractivity contribution < 1.29 is 9.59 Å². The second-order valence-electron chi connectivity index (χ2n) is 12.8. The number of aryl methyl sites for hydroxylation is 2. The largest absolute Gasteiger partial charge is 0.352 e. The summed E-state index contributed by atoms with van der Waals surface area (Å²) in [4.78, 5) is 44.6. The average molecular weight is 630 g/mol. The molecule has 0 atom stereocenters. The Hall–Kier alpha value is -5.05. The maximum Gasteiger partial charge on any atom is 0.272 e. The number of aromatic nitrogens is 4. The number of anilines is 1. The van der Waals surface area contributed by atoms with Crippen molar-refractivity contribution in [3.63, 3.8) is 0 Å². The molecule has 9 nitrogen and oxygen atoms in total. The minimum absolute atomic E-state index is 0.0756. The van der Waals surface area contributed by atoms with E-state index in [9.17, 15) is 9.59 Å². The number of nitrogens with one attached hydrogen (secondary N) is 3. The molecule has 4 aromatic rings. The van der Waals surface area contributed by atoms with Crippen LogP contribution in [0.25, 0.3) is 16.8 Å². The van der Waals surface area contributed by atoms with Gasteiger partial charge in [0.2, 0.25) is 5.91 Å². The number of amides is 2. The molecule has 2 amide bonds. The minimum Gasteiger partial charge on any atom is -0.352 e. The van der Waals surface area contributed by atoms with Gasteiger partial charge in [0.1, 0.15) is 5.69 Å². The van der Waals surface area contributed by atoms with Crippen molar-refractivity contribution in [2.24, 2.45) is 5.92 Å². The fourth-order valence-electron chi connectivity index (χ4n) is 5.66. The van der Waals surface area contributed by atoms with Crippen LogP contribution in [0.5, 0.6) is 0 Å². The molecule has 2 aliphatic carbocycles. The van der Waals surface area contributed by atoms with Crippen molar-refractivity contribution >= 4 is 23.2 Å². The standard InChI is InChI=1S/C38H43N7O2/c1-5-6-8-29(43-37(46)27-13-14-27)20-34(36-41-21-25(3)42-36)44-32-10-7-9-31(35(32)26-11-12-26)28-15-16-33(40-22-28)38(47)45(4)23-30-19-24(2)17-18-39-30/h7-10,15-22,26-27,44H,5-6,11-14,23H2,1-4H3,(H,41,42)(H,43,46)/b29-8-,34-20+. The fourth-order valence-corrected chi connectivity index (χ4v) is 5.66. The van der Waals surface area contributed by atoms with Crippen molar-refractivity contribution in [1.29, 1.82) is 0 Å². The zero-order chi connectivity index (χ0) is 32.9.